The number of benzene rings is 1. The highest BCUT2D eigenvalue weighted by atomic mass is 16.7. The number of fused-ring (bicyclic) bond motifs is 1. The summed E-state index contributed by atoms with van der Waals surface area (Å²) in [6, 6.07) is 2.33. The van der Waals surface area contributed by atoms with Gasteiger partial charge >= 0.3 is 0 Å². The molecule has 1 saturated heterocycles. The topological polar surface area (TPSA) is 171 Å². The van der Waals surface area contributed by atoms with Crippen LogP contribution in [0, 0.1) is 5.92 Å². The van der Waals surface area contributed by atoms with E-state index in [-0.39, 0.29) is 11.3 Å². The molecule has 146 valence electrons. The van der Waals surface area contributed by atoms with Gasteiger partial charge in [-0.05, 0) is 19.1 Å². The maximum absolute atomic E-state index is 12.2. The van der Waals surface area contributed by atoms with Crippen LogP contribution in [0.25, 0.3) is 0 Å². The van der Waals surface area contributed by atoms with E-state index in [0.717, 1.165) is 6.07 Å². The molecule has 10 heteroatoms. The van der Waals surface area contributed by atoms with E-state index in [4.69, 9.17) is 9.47 Å². The lowest BCUT2D eigenvalue weighted by Gasteiger charge is -2.39. The molecular weight excluding hydrogens is 364 g/mol. The van der Waals surface area contributed by atoms with E-state index in [0.29, 0.717) is 0 Å². The van der Waals surface area contributed by atoms with Crippen molar-refractivity contribution >= 4 is 17.3 Å². The number of rotatable bonds is 3. The van der Waals surface area contributed by atoms with E-state index < -0.39 is 71.9 Å². The summed E-state index contributed by atoms with van der Waals surface area (Å²) >= 11 is 0. The van der Waals surface area contributed by atoms with Crippen LogP contribution in [-0.2, 0) is 9.53 Å². The first-order valence-corrected chi connectivity index (χ1v) is 8.15. The number of Topliss-reactive ketones (excluding diaryl/α,β-unsaturated/α-hetero) is 3. The van der Waals surface area contributed by atoms with Crippen molar-refractivity contribution in [2.24, 2.45) is 5.92 Å². The summed E-state index contributed by atoms with van der Waals surface area (Å²) in [5.41, 5.74) is -0.643. The Morgan fingerprint density at radius 2 is 1.70 bits per heavy atom. The van der Waals surface area contributed by atoms with Gasteiger partial charge in [0.2, 0.25) is 17.9 Å². The Morgan fingerprint density at radius 3 is 2.33 bits per heavy atom. The van der Waals surface area contributed by atoms with E-state index in [1.807, 2.05) is 0 Å². The third-order valence-electron chi connectivity index (χ3n) is 4.74. The van der Waals surface area contributed by atoms with Crippen LogP contribution < -0.4 is 4.74 Å². The highest BCUT2D eigenvalue weighted by Crippen LogP contribution is 2.38. The molecule has 0 saturated carbocycles. The second kappa shape index (κ2) is 6.98. The van der Waals surface area contributed by atoms with Gasteiger partial charge in [0.1, 0.15) is 24.4 Å². The van der Waals surface area contributed by atoms with Gasteiger partial charge in [-0.1, -0.05) is 0 Å². The fraction of sp³-hybridized carbons (Fsp3) is 0.471. The monoisotopic (exact) mass is 382 g/mol. The van der Waals surface area contributed by atoms with Gasteiger partial charge < -0.3 is 35.0 Å². The Morgan fingerprint density at radius 1 is 1.04 bits per heavy atom. The summed E-state index contributed by atoms with van der Waals surface area (Å²) in [5, 5.41) is 49.0. The Labute approximate surface area is 152 Å². The molecule has 1 aromatic carbocycles. The fourth-order valence-corrected chi connectivity index (χ4v) is 3.06. The SMILES string of the molecule is CC1C(=O)C(=O)c2c(ccc(O[C@@H]3OC(CO)[C@@H](O)[C@H](O)[C@H]3O)c2O)C1=O. The molecule has 0 spiro atoms. The van der Waals surface area contributed by atoms with E-state index >= 15 is 0 Å². The van der Waals surface area contributed by atoms with Gasteiger partial charge in [0.25, 0.3) is 0 Å². The van der Waals surface area contributed by atoms with Crippen LogP contribution in [0.1, 0.15) is 27.6 Å². The normalized spacial score (nSPS) is 33.7. The van der Waals surface area contributed by atoms with Crippen molar-refractivity contribution < 1.29 is 49.4 Å². The summed E-state index contributed by atoms with van der Waals surface area (Å²) in [4.78, 5) is 36.2. The number of carbonyl (C=O) groups is 3. The van der Waals surface area contributed by atoms with Gasteiger partial charge in [-0.15, -0.1) is 0 Å². The summed E-state index contributed by atoms with van der Waals surface area (Å²) in [5.74, 6) is -4.96. The molecule has 0 aromatic heterocycles. The number of aliphatic hydroxyl groups is 4. The minimum absolute atomic E-state index is 0.134. The Balaban J connectivity index is 1.94. The van der Waals surface area contributed by atoms with Crippen molar-refractivity contribution in [3.8, 4) is 11.5 Å². The van der Waals surface area contributed by atoms with Crippen LogP contribution in [0.15, 0.2) is 12.1 Å². The number of hydrogen-bond donors (Lipinski definition) is 5. The van der Waals surface area contributed by atoms with Crippen LogP contribution in [0.2, 0.25) is 0 Å². The predicted octanol–water partition coefficient (Wildman–Crippen LogP) is -1.84. The smallest absolute Gasteiger partial charge is 0.233 e. The van der Waals surface area contributed by atoms with Crippen molar-refractivity contribution in [3.63, 3.8) is 0 Å². The van der Waals surface area contributed by atoms with E-state index in [1.165, 1.54) is 13.0 Å². The zero-order valence-corrected chi connectivity index (χ0v) is 14.1. The molecule has 1 heterocycles. The van der Waals surface area contributed by atoms with Crippen molar-refractivity contribution in [2.75, 3.05) is 6.61 Å². The quantitative estimate of drug-likeness (QED) is 0.295. The van der Waals surface area contributed by atoms with Crippen molar-refractivity contribution in [2.45, 2.75) is 37.6 Å². The third-order valence-corrected chi connectivity index (χ3v) is 4.74. The standard InChI is InChI=1S/C17H18O10/c1-5-10(19)6-2-3-7(12(21)9(6)14(23)11(5)20)26-17-16(25)15(24)13(22)8(4-18)27-17/h2-3,5,8,13,15-18,21-22,24-25H,4H2,1H3/t5?,8?,13-,15+,16-,17-/m1/s1. The third kappa shape index (κ3) is 3.01. The zero-order valence-electron chi connectivity index (χ0n) is 14.1. The fourth-order valence-electron chi connectivity index (χ4n) is 3.06. The average Bonchev–Trinajstić information content (AvgIpc) is 2.66. The Bertz CT molecular complexity index is 801. The average molecular weight is 382 g/mol. The molecule has 1 aliphatic heterocycles. The van der Waals surface area contributed by atoms with Gasteiger partial charge in [0, 0.05) is 5.56 Å². The summed E-state index contributed by atoms with van der Waals surface area (Å²) in [6.07, 6.45) is -7.88. The number of aromatic hydroxyl groups is 1. The summed E-state index contributed by atoms with van der Waals surface area (Å²) < 4.78 is 10.4. The highest BCUT2D eigenvalue weighted by Gasteiger charge is 2.45. The number of carbonyl (C=O) groups excluding carboxylic acids is 3. The van der Waals surface area contributed by atoms with Gasteiger partial charge in [-0.25, -0.2) is 0 Å². The molecule has 2 unspecified atom stereocenters. The van der Waals surface area contributed by atoms with Crippen LogP contribution in [-0.4, -0.2) is 80.2 Å². The van der Waals surface area contributed by atoms with Crippen LogP contribution in [0.4, 0.5) is 0 Å². The molecule has 27 heavy (non-hydrogen) atoms. The van der Waals surface area contributed by atoms with Crippen LogP contribution >= 0.6 is 0 Å². The molecule has 0 amide bonds. The molecule has 2 aliphatic rings. The summed E-state index contributed by atoms with van der Waals surface area (Å²) in [6.45, 7) is 0.612. The highest BCUT2D eigenvalue weighted by molar-refractivity contribution is 6.52. The van der Waals surface area contributed by atoms with Crippen LogP contribution in [0.5, 0.6) is 11.5 Å². The first-order chi connectivity index (χ1) is 12.7. The number of phenols is 1. The first kappa shape index (κ1) is 19.4. The van der Waals surface area contributed by atoms with Gasteiger partial charge in [-0.2, -0.15) is 0 Å². The molecule has 3 rings (SSSR count). The minimum atomic E-state index is -1.74. The van der Waals surface area contributed by atoms with Crippen molar-refractivity contribution in [1.29, 1.82) is 0 Å². The largest absolute Gasteiger partial charge is 0.504 e. The second-order valence-electron chi connectivity index (χ2n) is 6.43. The molecule has 1 fully saturated rings. The van der Waals surface area contributed by atoms with Crippen molar-refractivity contribution in [3.05, 3.63) is 23.3 Å². The van der Waals surface area contributed by atoms with E-state index in [9.17, 15) is 39.9 Å². The van der Waals surface area contributed by atoms with Gasteiger partial charge in [-0.3, -0.25) is 14.4 Å². The number of hydrogen-bond acceptors (Lipinski definition) is 10. The Kier molecular flexibility index (Phi) is 5.02. The number of ether oxygens (including phenoxy) is 2. The molecule has 1 aromatic rings. The minimum Gasteiger partial charge on any atom is -0.504 e. The molecule has 5 N–H and O–H groups in total. The second-order valence-corrected chi connectivity index (χ2v) is 6.43. The first-order valence-electron chi connectivity index (χ1n) is 8.15. The molecule has 6 atom stereocenters. The van der Waals surface area contributed by atoms with E-state index in [1.54, 1.807) is 0 Å². The lowest BCUT2D eigenvalue weighted by Crippen LogP contribution is -2.60. The summed E-state index contributed by atoms with van der Waals surface area (Å²) in [7, 11) is 0. The van der Waals surface area contributed by atoms with E-state index in [2.05, 4.69) is 0 Å². The molecular formula is C17H18O10. The zero-order chi connectivity index (χ0) is 20.0. The predicted molar refractivity (Wildman–Crippen MR) is 85.3 cm³/mol. The van der Waals surface area contributed by atoms with Gasteiger partial charge in [0.15, 0.2) is 17.3 Å². The lowest BCUT2D eigenvalue weighted by molar-refractivity contribution is -0.277. The molecule has 0 bridgehead atoms. The van der Waals surface area contributed by atoms with Gasteiger partial charge in [0.05, 0.1) is 18.1 Å². The van der Waals surface area contributed by atoms with Crippen LogP contribution in [0.3, 0.4) is 0 Å². The number of aliphatic hydroxyl groups excluding tert-OH is 4. The Hall–Kier alpha value is -2.37. The lowest BCUT2D eigenvalue weighted by atomic mass is 9.81. The molecule has 1 aliphatic carbocycles. The van der Waals surface area contributed by atoms with Crippen molar-refractivity contribution in [1.82, 2.24) is 0 Å². The molecule has 10 nitrogen and oxygen atoms in total. The maximum atomic E-state index is 12.2. The molecule has 0 radical (unpaired) electrons. The maximum Gasteiger partial charge on any atom is 0.233 e. The number of phenolic OH excluding ortho intramolecular Hbond substituents is 1. The number of ketones is 3.